The van der Waals surface area contributed by atoms with Crippen molar-refractivity contribution in [2.45, 2.75) is 18.8 Å². The summed E-state index contributed by atoms with van der Waals surface area (Å²) in [7, 11) is 0. The molecule has 0 aliphatic heterocycles. The first-order valence-electron chi connectivity index (χ1n) is 4.14. The van der Waals surface area contributed by atoms with Crippen LogP contribution in [0.4, 0.5) is 4.39 Å². The number of hydrogen-bond donors (Lipinski definition) is 0. The second kappa shape index (κ2) is 2.74. The van der Waals surface area contributed by atoms with E-state index in [0.29, 0.717) is 11.5 Å². The number of rotatable bonds is 2. The number of halogens is 1. The Labute approximate surface area is 71.7 Å². The number of benzene rings is 1. The third-order valence-electron chi connectivity index (χ3n) is 2.23. The third kappa shape index (κ3) is 1.27. The highest BCUT2D eigenvalue weighted by Gasteiger charge is 2.23. The zero-order valence-corrected chi connectivity index (χ0v) is 6.81. The van der Waals surface area contributed by atoms with Crippen LogP contribution in [-0.2, 0) is 0 Å². The van der Waals surface area contributed by atoms with Gasteiger partial charge in [0.2, 0.25) is 0 Å². The van der Waals surface area contributed by atoms with Crippen LogP contribution < -0.4 is 0 Å². The van der Waals surface area contributed by atoms with Gasteiger partial charge in [0.1, 0.15) is 5.82 Å². The topological polar surface area (TPSA) is 0 Å². The van der Waals surface area contributed by atoms with Crippen molar-refractivity contribution in [2.24, 2.45) is 0 Å². The van der Waals surface area contributed by atoms with Crippen molar-refractivity contribution in [1.82, 2.24) is 0 Å². The Hall–Kier alpha value is -1.11. The van der Waals surface area contributed by atoms with Gasteiger partial charge in [0.15, 0.2) is 0 Å². The minimum atomic E-state index is -0.227. The molecule has 1 aliphatic carbocycles. The normalized spacial score (nSPS) is 16.1. The molecule has 0 bridgehead atoms. The molecule has 0 aromatic heterocycles. The molecule has 0 N–H and O–H groups in total. The van der Waals surface area contributed by atoms with Crippen LogP contribution in [0.15, 0.2) is 24.8 Å². The van der Waals surface area contributed by atoms with Gasteiger partial charge < -0.3 is 0 Å². The van der Waals surface area contributed by atoms with E-state index in [1.807, 2.05) is 12.1 Å². The molecule has 0 atom stereocenters. The lowest BCUT2D eigenvalue weighted by Crippen LogP contribution is -1.86. The van der Waals surface area contributed by atoms with E-state index in [-0.39, 0.29) is 5.82 Å². The van der Waals surface area contributed by atoms with E-state index in [4.69, 9.17) is 0 Å². The average molecular weight is 161 g/mol. The summed E-state index contributed by atoms with van der Waals surface area (Å²) < 4.78 is 13.0. The first kappa shape index (κ1) is 7.53. The van der Waals surface area contributed by atoms with Crippen LogP contribution in [0.25, 0.3) is 0 Å². The molecule has 0 amide bonds. The van der Waals surface area contributed by atoms with Gasteiger partial charge in [-0.05, 0) is 42.5 Å². The van der Waals surface area contributed by atoms with E-state index < -0.39 is 0 Å². The summed E-state index contributed by atoms with van der Waals surface area (Å²) in [6, 6.07) is 5.20. The minimum Gasteiger partial charge on any atom is -0.206 e. The highest BCUT2D eigenvalue weighted by molar-refractivity contribution is 5.33. The van der Waals surface area contributed by atoms with Gasteiger partial charge in [-0.3, -0.25) is 0 Å². The first-order valence-corrected chi connectivity index (χ1v) is 4.14. The molecule has 61 valence electrons. The van der Waals surface area contributed by atoms with Crippen LogP contribution in [0, 0.1) is 11.9 Å². The average Bonchev–Trinajstić information content (AvgIpc) is 2.88. The lowest BCUT2D eigenvalue weighted by Gasteiger charge is -2.00. The Morgan fingerprint density at radius 1 is 1.42 bits per heavy atom. The van der Waals surface area contributed by atoms with Crippen LogP contribution in [0.2, 0.25) is 0 Å². The molecule has 0 saturated heterocycles. The fourth-order valence-corrected chi connectivity index (χ4v) is 1.35. The minimum absolute atomic E-state index is 0.227. The van der Waals surface area contributed by atoms with Gasteiger partial charge in [0, 0.05) is 5.56 Å². The van der Waals surface area contributed by atoms with Gasteiger partial charge in [-0.15, -0.1) is 0 Å². The van der Waals surface area contributed by atoms with E-state index in [1.165, 1.54) is 24.5 Å². The van der Waals surface area contributed by atoms with Crippen LogP contribution in [0.1, 0.15) is 29.9 Å². The fraction of sp³-hybridized carbons (Fsp3) is 0.273. The molecule has 1 aliphatic rings. The largest absolute Gasteiger partial charge is 0.206 e. The molecule has 1 heteroatoms. The highest BCUT2D eigenvalue weighted by atomic mass is 19.1. The molecule has 0 unspecified atom stereocenters. The molecule has 1 aromatic carbocycles. The Kier molecular flexibility index (Phi) is 1.72. The standard InChI is InChI=1S/C11H10F/c1-2-8-7-10(9-3-4-9)5-6-11(8)12/h5-7,9H,1,3-4H2. The van der Waals surface area contributed by atoms with Gasteiger partial charge in [-0.25, -0.2) is 4.39 Å². The Morgan fingerprint density at radius 2 is 2.17 bits per heavy atom. The predicted molar refractivity (Wildman–Crippen MR) is 46.3 cm³/mol. The molecule has 1 aromatic rings. The SMILES string of the molecule is C=[C]c1cc(C2CC2)ccc1F. The maximum absolute atomic E-state index is 13.0. The molecule has 0 heterocycles. The molecule has 1 saturated carbocycles. The maximum atomic E-state index is 13.0. The smallest absolute Gasteiger partial charge is 0.131 e. The molecule has 0 spiro atoms. The highest BCUT2D eigenvalue weighted by Crippen LogP contribution is 2.40. The first-order chi connectivity index (χ1) is 5.81. The van der Waals surface area contributed by atoms with E-state index in [0.717, 1.165) is 0 Å². The lowest BCUT2D eigenvalue weighted by molar-refractivity contribution is 0.621. The van der Waals surface area contributed by atoms with Gasteiger partial charge in [0.25, 0.3) is 0 Å². The summed E-state index contributed by atoms with van der Waals surface area (Å²) in [6.45, 7) is 3.45. The van der Waals surface area contributed by atoms with Gasteiger partial charge in [-0.2, -0.15) is 0 Å². The predicted octanol–water partition coefficient (Wildman–Crippen LogP) is 3.04. The molecule has 1 radical (unpaired) electrons. The molecule has 12 heavy (non-hydrogen) atoms. The zero-order chi connectivity index (χ0) is 8.55. The summed E-state index contributed by atoms with van der Waals surface area (Å²) >= 11 is 0. The maximum Gasteiger partial charge on any atom is 0.131 e. The van der Waals surface area contributed by atoms with Crippen molar-refractivity contribution in [2.75, 3.05) is 0 Å². The Bertz CT molecular complexity index is 311. The van der Waals surface area contributed by atoms with Crippen molar-refractivity contribution < 1.29 is 4.39 Å². The molecule has 2 rings (SSSR count). The van der Waals surface area contributed by atoms with Crippen molar-refractivity contribution >= 4 is 0 Å². The summed E-state index contributed by atoms with van der Waals surface area (Å²) in [6.07, 6.45) is 5.07. The van der Waals surface area contributed by atoms with Crippen LogP contribution in [-0.4, -0.2) is 0 Å². The lowest BCUT2D eigenvalue weighted by atomic mass is 10.1. The second-order valence-electron chi connectivity index (χ2n) is 3.19. The summed E-state index contributed by atoms with van der Waals surface area (Å²) in [5.41, 5.74) is 1.72. The summed E-state index contributed by atoms with van der Waals surface area (Å²) in [4.78, 5) is 0. The molecular weight excluding hydrogens is 151 g/mol. The second-order valence-corrected chi connectivity index (χ2v) is 3.19. The van der Waals surface area contributed by atoms with Crippen molar-refractivity contribution in [3.05, 3.63) is 47.8 Å². The van der Waals surface area contributed by atoms with Crippen LogP contribution in [0.3, 0.4) is 0 Å². The molecule has 0 nitrogen and oxygen atoms in total. The van der Waals surface area contributed by atoms with Crippen LogP contribution >= 0.6 is 0 Å². The summed E-state index contributed by atoms with van der Waals surface area (Å²) in [5.74, 6) is 0.437. The van der Waals surface area contributed by atoms with E-state index in [9.17, 15) is 4.39 Å². The van der Waals surface area contributed by atoms with E-state index in [1.54, 1.807) is 0 Å². The van der Waals surface area contributed by atoms with Gasteiger partial charge in [0.05, 0.1) is 0 Å². The molecule has 1 fully saturated rings. The quantitative estimate of drug-likeness (QED) is 0.625. The Morgan fingerprint density at radius 3 is 2.75 bits per heavy atom. The van der Waals surface area contributed by atoms with Crippen molar-refractivity contribution in [3.63, 3.8) is 0 Å². The van der Waals surface area contributed by atoms with Crippen LogP contribution in [0.5, 0.6) is 0 Å². The Balaban J connectivity index is 2.39. The number of hydrogen-bond acceptors (Lipinski definition) is 0. The van der Waals surface area contributed by atoms with Crippen molar-refractivity contribution in [1.29, 1.82) is 0 Å². The van der Waals surface area contributed by atoms with E-state index >= 15 is 0 Å². The van der Waals surface area contributed by atoms with Crippen molar-refractivity contribution in [3.8, 4) is 0 Å². The third-order valence-corrected chi connectivity index (χ3v) is 2.23. The summed E-state index contributed by atoms with van der Waals surface area (Å²) in [5, 5.41) is 0. The molecular formula is C11H10F. The zero-order valence-electron chi connectivity index (χ0n) is 6.81. The van der Waals surface area contributed by atoms with E-state index in [2.05, 4.69) is 12.7 Å². The monoisotopic (exact) mass is 161 g/mol. The van der Waals surface area contributed by atoms with Gasteiger partial charge >= 0.3 is 0 Å². The fourth-order valence-electron chi connectivity index (χ4n) is 1.35. The van der Waals surface area contributed by atoms with Gasteiger partial charge in [-0.1, -0.05) is 12.6 Å².